The fraction of sp³-hybridized carbons (Fsp3) is 0.455. The third-order valence-corrected chi connectivity index (χ3v) is 6.28. The summed E-state index contributed by atoms with van der Waals surface area (Å²) >= 11 is 1.41. The Kier molecular flexibility index (Phi) is 7.33. The number of benzene rings is 1. The maximum Gasteiger partial charge on any atom is 0.217 e. The summed E-state index contributed by atoms with van der Waals surface area (Å²) in [5.74, 6) is 0.926. The van der Waals surface area contributed by atoms with E-state index in [-0.39, 0.29) is 5.91 Å². The van der Waals surface area contributed by atoms with Crippen molar-refractivity contribution in [2.24, 2.45) is 4.99 Å². The first kappa shape index (κ1) is 22.1. The Morgan fingerprint density at radius 2 is 2.03 bits per heavy atom. The maximum absolute atomic E-state index is 10.7. The fourth-order valence-corrected chi connectivity index (χ4v) is 4.51. The lowest BCUT2D eigenvalue weighted by Gasteiger charge is -2.29. The van der Waals surface area contributed by atoms with E-state index in [1.54, 1.807) is 12.4 Å². The van der Waals surface area contributed by atoms with Gasteiger partial charge < -0.3 is 15.1 Å². The summed E-state index contributed by atoms with van der Waals surface area (Å²) in [7, 11) is 2.12. The third kappa shape index (κ3) is 5.12. The van der Waals surface area contributed by atoms with Crippen LogP contribution in [0.15, 0.2) is 34.8 Å². The summed E-state index contributed by atoms with van der Waals surface area (Å²) in [6.07, 6.45) is 2.19. The van der Waals surface area contributed by atoms with E-state index < -0.39 is 0 Å². The van der Waals surface area contributed by atoms with Gasteiger partial charge in [-0.2, -0.15) is 0 Å². The summed E-state index contributed by atoms with van der Waals surface area (Å²) < 4.78 is 0. The van der Waals surface area contributed by atoms with Crippen LogP contribution in [0.25, 0.3) is 0 Å². The smallest absolute Gasteiger partial charge is 0.217 e. The van der Waals surface area contributed by atoms with Crippen molar-refractivity contribution in [2.75, 3.05) is 31.6 Å². The highest BCUT2D eigenvalue weighted by Crippen LogP contribution is 2.37. The van der Waals surface area contributed by atoms with Gasteiger partial charge in [0, 0.05) is 31.1 Å². The number of carbonyl (C=O) groups is 1. The minimum Gasteiger partial charge on any atom is -0.354 e. The number of piperidine rings is 1. The molecule has 0 aliphatic carbocycles. The van der Waals surface area contributed by atoms with E-state index in [1.165, 1.54) is 16.9 Å². The molecule has 1 aromatic carbocycles. The number of hydrogen-bond acceptors (Lipinski definition) is 6. The average molecular weight is 427 g/mol. The molecule has 2 aromatic rings. The first-order valence-electron chi connectivity index (χ1n) is 10.2. The first-order chi connectivity index (χ1) is 14.4. The quantitative estimate of drug-likeness (QED) is 0.580. The topological polar surface area (TPSA) is 84.7 Å². The molecule has 1 unspecified atom stereocenters. The van der Waals surface area contributed by atoms with Gasteiger partial charge in [0.05, 0.1) is 5.51 Å². The van der Waals surface area contributed by atoms with Gasteiger partial charge in [0.1, 0.15) is 10.7 Å². The predicted molar refractivity (Wildman–Crippen MR) is 125 cm³/mol. The number of nitrogens with zero attached hydrogens (tertiary/aromatic N) is 4. The number of likely N-dealkylation sites (tertiary alicyclic amines) is 1. The molecule has 8 heteroatoms. The highest BCUT2D eigenvalue weighted by molar-refractivity contribution is 7.14. The SMILES string of the molecule is C=Nc1scnc1C(=N)N1CC(C)c2ccccc21.CC(=O)NC1CCN(C)CC1. The van der Waals surface area contributed by atoms with Crippen LogP contribution in [0.3, 0.4) is 0 Å². The molecule has 0 radical (unpaired) electrons. The largest absolute Gasteiger partial charge is 0.354 e. The number of amidine groups is 1. The lowest BCUT2D eigenvalue weighted by Crippen LogP contribution is -2.42. The molecule has 1 atom stereocenters. The van der Waals surface area contributed by atoms with Crippen molar-refractivity contribution >= 4 is 40.5 Å². The predicted octanol–water partition coefficient (Wildman–Crippen LogP) is 3.64. The van der Waals surface area contributed by atoms with Gasteiger partial charge in [-0.1, -0.05) is 25.1 Å². The van der Waals surface area contributed by atoms with E-state index in [2.05, 4.69) is 53.0 Å². The third-order valence-electron chi connectivity index (χ3n) is 5.53. The summed E-state index contributed by atoms with van der Waals surface area (Å²) in [6.45, 7) is 10.3. The molecule has 0 saturated carbocycles. The molecular formula is C22H30N6OS. The number of anilines is 1. The average Bonchev–Trinajstić information content (AvgIpc) is 3.34. The molecule has 1 aromatic heterocycles. The molecule has 1 saturated heterocycles. The van der Waals surface area contributed by atoms with Crippen molar-refractivity contribution in [2.45, 2.75) is 38.6 Å². The van der Waals surface area contributed by atoms with Gasteiger partial charge in [-0.15, -0.1) is 11.3 Å². The number of aromatic nitrogens is 1. The van der Waals surface area contributed by atoms with Crippen molar-refractivity contribution in [3.8, 4) is 0 Å². The molecule has 1 amide bonds. The van der Waals surface area contributed by atoms with Gasteiger partial charge >= 0.3 is 0 Å². The van der Waals surface area contributed by atoms with E-state index in [1.807, 2.05) is 17.0 Å². The van der Waals surface area contributed by atoms with E-state index >= 15 is 0 Å². The Hall–Kier alpha value is -2.58. The summed E-state index contributed by atoms with van der Waals surface area (Å²) in [4.78, 5) is 23.1. The number of thiazole rings is 1. The van der Waals surface area contributed by atoms with Crippen molar-refractivity contribution in [3.05, 3.63) is 41.0 Å². The number of amides is 1. The van der Waals surface area contributed by atoms with E-state index in [0.717, 1.165) is 38.2 Å². The number of rotatable bonds is 3. The van der Waals surface area contributed by atoms with E-state index in [9.17, 15) is 4.79 Å². The molecule has 30 heavy (non-hydrogen) atoms. The van der Waals surface area contributed by atoms with Crippen LogP contribution in [0.4, 0.5) is 10.7 Å². The van der Waals surface area contributed by atoms with Gasteiger partial charge in [0.2, 0.25) is 5.91 Å². The first-order valence-corrected chi connectivity index (χ1v) is 11.1. The van der Waals surface area contributed by atoms with Crippen molar-refractivity contribution < 1.29 is 4.79 Å². The minimum atomic E-state index is 0.0968. The molecule has 0 spiro atoms. The molecule has 3 heterocycles. The number of fused-ring (bicyclic) bond motifs is 1. The van der Waals surface area contributed by atoms with E-state index in [4.69, 9.17) is 5.41 Å². The zero-order valence-electron chi connectivity index (χ0n) is 17.9. The van der Waals surface area contributed by atoms with Gasteiger partial charge in [-0.3, -0.25) is 15.2 Å². The molecule has 160 valence electrons. The molecule has 1 fully saturated rings. The molecular weight excluding hydrogens is 396 g/mol. The van der Waals surface area contributed by atoms with Gasteiger partial charge in [-0.25, -0.2) is 4.98 Å². The molecule has 2 aliphatic heterocycles. The van der Waals surface area contributed by atoms with Crippen LogP contribution in [0.2, 0.25) is 0 Å². The maximum atomic E-state index is 10.7. The van der Waals surface area contributed by atoms with Gasteiger partial charge in [0.15, 0.2) is 5.84 Å². The summed E-state index contributed by atoms with van der Waals surface area (Å²) in [5.41, 5.74) is 4.71. The fourth-order valence-electron chi connectivity index (χ4n) is 3.92. The van der Waals surface area contributed by atoms with Crippen LogP contribution in [0, 0.1) is 5.41 Å². The monoisotopic (exact) mass is 426 g/mol. The van der Waals surface area contributed by atoms with E-state index in [0.29, 0.717) is 28.5 Å². The second-order valence-electron chi connectivity index (χ2n) is 7.86. The Morgan fingerprint density at radius 1 is 1.33 bits per heavy atom. The molecule has 2 aliphatic rings. The minimum absolute atomic E-state index is 0.0968. The lowest BCUT2D eigenvalue weighted by molar-refractivity contribution is -0.119. The number of para-hydroxylation sites is 1. The van der Waals surface area contributed by atoms with Crippen LogP contribution in [-0.2, 0) is 4.79 Å². The standard InChI is InChI=1S/C14H14N4S.C8H16N2O/c1-9-7-18(11-6-4-3-5-10(9)11)13(15)12-14(16-2)19-8-17-12;1-7(11)9-8-3-5-10(2)6-4-8/h3-6,8-9,15H,2,7H2,1H3;8H,3-6H2,1-2H3,(H,9,11). The molecule has 0 bridgehead atoms. The lowest BCUT2D eigenvalue weighted by atomic mass is 10.0. The zero-order chi connectivity index (χ0) is 21.7. The van der Waals surface area contributed by atoms with Crippen LogP contribution < -0.4 is 10.2 Å². The Morgan fingerprint density at radius 3 is 2.70 bits per heavy atom. The molecule has 7 nitrogen and oxygen atoms in total. The second-order valence-corrected chi connectivity index (χ2v) is 8.69. The second kappa shape index (κ2) is 9.95. The van der Waals surface area contributed by atoms with Crippen LogP contribution >= 0.6 is 11.3 Å². The van der Waals surface area contributed by atoms with Crippen LogP contribution in [0.5, 0.6) is 0 Å². The summed E-state index contributed by atoms with van der Waals surface area (Å²) in [6, 6.07) is 8.65. The number of carbonyl (C=O) groups excluding carboxylic acids is 1. The number of hydrogen-bond donors (Lipinski definition) is 2. The van der Waals surface area contributed by atoms with Crippen molar-refractivity contribution in [3.63, 3.8) is 0 Å². The van der Waals surface area contributed by atoms with Crippen molar-refractivity contribution in [1.29, 1.82) is 5.41 Å². The Bertz CT molecular complexity index is 903. The van der Waals surface area contributed by atoms with Gasteiger partial charge in [0.25, 0.3) is 0 Å². The number of nitrogens with one attached hydrogen (secondary N) is 2. The summed E-state index contributed by atoms with van der Waals surface area (Å²) in [5, 5.41) is 12.0. The zero-order valence-corrected chi connectivity index (χ0v) is 18.7. The molecule has 4 rings (SSSR count). The Labute approximate surface area is 182 Å². The normalized spacial score (nSPS) is 18.9. The van der Waals surface area contributed by atoms with Crippen LogP contribution in [0.1, 0.15) is 43.9 Å². The van der Waals surface area contributed by atoms with Crippen LogP contribution in [-0.4, -0.2) is 61.1 Å². The Balaban J connectivity index is 0.000000199. The van der Waals surface area contributed by atoms with Gasteiger partial charge in [-0.05, 0) is 51.3 Å². The van der Waals surface area contributed by atoms with Crippen molar-refractivity contribution in [1.82, 2.24) is 15.2 Å². The molecule has 2 N–H and O–H groups in total. The highest BCUT2D eigenvalue weighted by atomic mass is 32.1. The number of aliphatic imine (C=N–C) groups is 1. The highest BCUT2D eigenvalue weighted by Gasteiger charge is 2.29.